The molecule has 0 spiro atoms. The Balaban J connectivity index is 3.73. The van der Waals surface area contributed by atoms with E-state index in [1.807, 2.05) is 0 Å². The highest BCUT2D eigenvalue weighted by molar-refractivity contribution is 7.97. The van der Waals surface area contributed by atoms with E-state index >= 15 is 0 Å². The minimum atomic E-state index is -0.513. The van der Waals surface area contributed by atoms with Crippen molar-refractivity contribution in [1.29, 1.82) is 0 Å². The van der Waals surface area contributed by atoms with Crippen molar-refractivity contribution in [2.75, 3.05) is 30.5 Å². The van der Waals surface area contributed by atoms with Crippen molar-refractivity contribution < 1.29 is 19.1 Å². The van der Waals surface area contributed by atoms with Crippen molar-refractivity contribution in [3.63, 3.8) is 0 Å². The summed E-state index contributed by atoms with van der Waals surface area (Å²) in [7, 11) is 0.121. The Morgan fingerprint density at radius 3 is 1.94 bits per heavy atom. The molecule has 0 amide bonds. The Morgan fingerprint density at radius 1 is 1.00 bits per heavy atom. The molecule has 0 radical (unpaired) electrons. The molecule has 106 valence electrons. The molecule has 0 rings (SSSR count). The molecule has 0 aromatic heterocycles. The van der Waals surface area contributed by atoms with Crippen LogP contribution in [0.4, 0.5) is 0 Å². The number of hydrogen-bond donors (Lipinski definition) is 0. The zero-order chi connectivity index (χ0) is 14.2. The molecule has 0 aromatic carbocycles. The maximum absolute atomic E-state index is 11.5. The van der Waals surface area contributed by atoms with E-state index in [1.54, 1.807) is 20.8 Å². The second kappa shape index (κ2) is 8.40. The van der Waals surface area contributed by atoms with Gasteiger partial charge >= 0.3 is 11.9 Å². The Kier molecular flexibility index (Phi) is 8.07. The summed E-state index contributed by atoms with van der Waals surface area (Å²) in [6.07, 6.45) is 0. The number of rotatable bonds is 7. The Morgan fingerprint density at radius 2 is 1.50 bits per heavy atom. The van der Waals surface area contributed by atoms with Gasteiger partial charge < -0.3 is 9.47 Å². The molecular weight excluding hydrogens is 252 g/mol. The van der Waals surface area contributed by atoms with Gasteiger partial charge in [0.25, 0.3) is 0 Å². The van der Waals surface area contributed by atoms with Gasteiger partial charge in [0.2, 0.25) is 5.75 Å². The van der Waals surface area contributed by atoms with E-state index in [4.69, 9.17) is 9.47 Å². The summed E-state index contributed by atoms with van der Waals surface area (Å²) in [5.74, 6) is 2.00. The first kappa shape index (κ1) is 17.3. The molecule has 4 nitrogen and oxygen atoms in total. The zero-order valence-electron chi connectivity index (χ0n) is 12.1. The van der Waals surface area contributed by atoms with Gasteiger partial charge in [-0.25, -0.2) is 4.79 Å². The average molecular weight is 277 g/mol. The van der Waals surface area contributed by atoms with Crippen LogP contribution in [0.1, 0.15) is 34.6 Å². The predicted octanol–water partition coefficient (Wildman–Crippen LogP) is 1.78. The van der Waals surface area contributed by atoms with Crippen molar-refractivity contribution in [2.45, 2.75) is 34.6 Å². The molecule has 5 heteroatoms. The normalized spacial score (nSPS) is 11.4. The first-order valence-corrected chi connectivity index (χ1v) is 8.01. The molecule has 0 N–H and O–H groups in total. The predicted molar refractivity (Wildman–Crippen MR) is 74.7 cm³/mol. The van der Waals surface area contributed by atoms with Crippen LogP contribution >= 0.6 is 0 Å². The van der Waals surface area contributed by atoms with Crippen LogP contribution in [-0.2, 0) is 30.0 Å². The van der Waals surface area contributed by atoms with Crippen LogP contribution in [0, 0.1) is 5.41 Å². The summed E-state index contributed by atoms with van der Waals surface area (Å²) >= 11 is 0. The van der Waals surface area contributed by atoms with Crippen LogP contribution in [0.5, 0.6) is 0 Å². The molecular formula is C13H25O4S+. The molecule has 0 unspecified atom stereocenters. The molecule has 18 heavy (non-hydrogen) atoms. The monoisotopic (exact) mass is 277 g/mol. The second-order valence-corrected chi connectivity index (χ2v) is 7.61. The lowest BCUT2D eigenvalue weighted by atomic mass is 9.97. The van der Waals surface area contributed by atoms with Crippen LogP contribution in [0.2, 0.25) is 0 Å². The van der Waals surface area contributed by atoms with Crippen molar-refractivity contribution in [1.82, 2.24) is 0 Å². The van der Waals surface area contributed by atoms with Crippen molar-refractivity contribution in [3.8, 4) is 0 Å². The molecule has 0 saturated heterocycles. The minimum absolute atomic E-state index is 0.121. The van der Waals surface area contributed by atoms with Gasteiger partial charge in [-0.15, -0.1) is 0 Å². The van der Waals surface area contributed by atoms with E-state index in [2.05, 4.69) is 13.8 Å². The van der Waals surface area contributed by atoms with Gasteiger partial charge in [0, 0.05) is 0 Å². The van der Waals surface area contributed by atoms with Crippen molar-refractivity contribution in [3.05, 3.63) is 0 Å². The Labute approximate surface area is 113 Å². The molecule has 0 atom stereocenters. The number of ether oxygens (including phenoxy) is 2. The summed E-state index contributed by atoms with van der Waals surface area (Å²) < 4.78 is 10.0. The number of hydrogen-bond acceptors (Lipinski definition) is 4. The molecule has 0 heterocycles. The topological polar surface area (TPSA) is 52.6 Å². The lowest BCUT2D eigenvalue weighted by molar-refractivity contribution is -0.157. The van der Waals surface area contributed by atoms with E-state index in [9.17, 15) is 9.59 Å². The maximum Gasteiger partial charge on any atom is 0.356 e. The first-order valence-electron chi connectivity index (χ1n) is 6.28. The Bertz CT molecular complexity index is 267. The third-order valence-electron chi connectivity index (χ3n) is 2.33. The first-order chi connectivity index (χ1) is 8.31. The largest absolute Gasteiger partial charge is 0.462 e. The summed E-state index contributed by atoms with van der Waals surface area (Å²) in [6, 6.07) is 0. The van der Waals surface area contributed by atoms with Gasteiger partial charge in [-0.3, -0.25) is 4.79 Å². The molecule has 0 saturated carbocycles. The van der Waals surface area contributed by atoms with Gasteiger partial charge in [0.1, 0.15) is 24.7 Å². The van der Waals surface area contributed by atoms with Crippen LogP contribution in [0.25, 0.3) is 0 Å². The number of esters is 2. The highest BCUT2D eigenvalue weighted by atomic mass is 32.2. The van der Waals surface area contributed by atoms with E-state index in [1.165, 1.54) is 0 Å². The summed E-state index contributed by atoms with van der Waals surface area (Å²) in [5.41, 5.74) is -0.513. The van der Waals surface area contributed by atoms with Crippen LogP contribution in [-0.4, -0.2) is 42.4 Å². The quantitative estimate of drug-likeness (QED) is 0.404. The smallest absolute Gasteiger partial charge is 0.356 e. The van der Waals surface area contributed by atoms with Crippen LogP contribution < -0.4 is 0 Å². The van der Waals surface area contributed by atoms with E-state index < -0.39 is 5.41 Å². The molecule has 0 aliphatic heterocycles. The van der Waals surface area contributed by atoms with Gasteiger partial charge in [-0.05, 0) is 45.5 Å². The van der Waals surface area contributed by atoms with Crippen molar-refractivity contribution in [2.24, 2.45) is 5.41 Å². The van der Waals surface area contributed by atoms with Gasteiger partial charge in [-0.2, -0.15) is 0 Å². The fraction of sp³-hybridized carbons (Fsp3) is 0.846. The third-order valence-corrected chi connectivity index (χ3v) is 4.61. The molecule has 0 aliphatic rings. The fourth-order valence-electron chi connectivity index (χ4n) is 1.12. The van der Waals surface area contributed by atoms with Gasteiger partial charge in [0.15, 0.2) is 0 Å². The highest BCUT2D eigenvalue weighted by Crippen LogP contribution is 2.14. The maximum atomic E-state index is 11.5. The van der Waals surface area contributed by atoms with Gasteiger partial charge in [-0.1, -0.05) is 0 Å². The summed E-state index contributed by atoms with van der Waals surface area (Å²) in [6.45, 7) is 9.79. The zero-order valence-corrected chi connectivity index (χ0v) is 12.9. The SMILES string of the molecule is CC[S+](CC)CC(=O)OCCOC(=O)C(C)(C)C. The van der Waals surface area contributed by atoms with Crippen molar-refractivity contribution >= 4 is 22.8 Å². The lowest BCUT2D eigenvalue weighted by Gasteiger charge is -2.16. The highest BCUT2D eigenvalue weighted by Gasteiger charge is 2.23. The lowest BCUT2D eigenvalue weighted by Crippen LogP contribution is -2.26. The third kappa shape index (κ3) is 7.58. The van der Waals surface area contributed by atoms with Crippen LogP contribution in [0.15, 0.2) is 0 Å². The fourth-order valence-corrected chi connectivity index (χ4v) is 2.36. The number of carbonyl (C=O) groups excluding carboxylic acids is 2. The van der Waals surface area contributed by atoms with E-state index in [-0.39, 0.29) is 36.0 Å². The second-order valence-electron chi connectivity index (χ2n) is 4.94. The molecule has 0 bridgehead atoms. The minimum Gasteiger partial charge on any atom is -0.462 e. The summed E-state index contributed by atoms with van der Waals surface area (Å²) in [4.78, 5) is 22.9. The molecule has 0 aromatic rings. The summed E-state index contributed by atoms with van der Waals surface area (Å²) in [5, 5.41) is 0. The number of carbonyl (C=O) groups is 2. The van der Waals surface area contributed by atoms with E-state index in [0.717, 1.165) is 11.5 Å². The van der Waals surface area contributed by atoms with Gasteiger partial charge in [0.05, 0.1) is 5.41 Å². The molecule has 0 fully saturated rings. The standard InChI is InChI=1S/C13H25O4S/c1-6-18(7-2)10-11(14)16-8-9-17-12(15)13(3,4)5/h6-10H2,1-5H3/q+1. The van der Waals surface area contributed by atoms with Crippen LogP contribution in [0.3, 0.4) is 0 Å². The van der Waals surface area contributed by atoms with E-state index in [0.29, 0.717) is 5.75 Å². The average Bonchev–Trinajstić information content (AvgIpc) is 2.30. The molecule has 0 aliphatic carbocycles. The Hall–Kier alpha value is -0.710.